The van der Waals surface area contributed by atoms with Gasteiger partial charge in [-0.25, -0.2) is 0 Å². The van der Waals surface area contributed by atoms with Gasteiger partial charge in [0.25, 0.3) is 5.91 Å². The van der Waals surface area contributed by atoms with E-state index in [2.05, 4.69) is 23.8 Å². The van der Waals surface area contributed by atoms with Crippen LogP contribution < -0.4 is 10.6 Å². The van der Waals surface area contributed by atoms with Crippen LogP contribution in [0.15, 0.2) is 91.0 Å². The van der Waals surface area contributed by atoms with Crippen LogP contribution in [0.3, 0.4) is 0 Å². The lowest BCUT2D eigenvalue weighted by Gasteiger charge is -2.08. The van der Waals surface area contributed by atoms with Crippen molar-refractivity contribution in [1.29, 1.82) is 0 Å². The second-order valence-corrected chi connectivity index (χ2v) is 7.21. The Hall–Kier alpha value is -3.66. The van der Waals surface area contributed by atoms with Gasteiger partial charge in [0.05, 0.1) is 0 Å². The lowest BCUT2D eigenvalue weighted by molar-refractivity contribution is -0.117. The van der Waals surface area contributed by atoms with Crippen molar-refractivity contribution in [2.24, 2.45) is 0 Å². The van der Waals surface area contributed by atoms with E-state index in [-0.39, 0.29) is 11.8 Å². The van der Waals surface area contributed by atoms with Crippen LogP contribution >= 0.6 is 0 Å². The zero-order valence-corrected chi connectivity index (χ0v) is 17.8. The van der Waals surface area contributed by atoms with Crippen LogP contribution in [0.4, 0.5) is 5.69 Å². The van der Waals surface area contributed by atoms with E-state index in [1.807, 2.05) is 73.7 Å². The van der Waals surface area contributed by atoms with Crippen molar-refractivity contribution < 1.29 is 9.59 Å². The maximum absolute atomic E-state index is 11.5. The molecule has 0 aliphatic heterocycles. The lowest BCUT2D eigenvalue weighted by atomic mass is 10.1. The van der Waals surface area contributed by atoms with Crippen molar-refractivity contribution >= 4 is 28.3 Å². The Balaban J connectivity index is 0.000000216. The fraction of sp³-hybridized carbons (Fsp3) is 0.154. The predicted octanol–water partition coefficient (Wildman–Crippen LogP) is 5.54. The zero-order valence-electron chi connectivity index (χ0n) is 17.8. The van der Waals surface area contributed by atoms with Crippen molar-refractivity contribution in [2.45, 2.75) is 27.3 Å². The highest BCUT2D eigenvalue weighted by Crippen LogP contribution is 2.23. The van der Waals surface area contributed by atoms with Crippen LogP contribution in [0.1, 0.15) is 25.0 Å². The molecular formula is C26H28N2O2. The summed E-state index contributed by atoms with van der Waals surface area (Å²) in [5, 5.41) is 7.78. The molecule has 3 rings (SSSR count). The highest BCUT2D eigenvalue weighted by molar-refractivity contribution is 6.08. The summed E-state index contributed by atoms with van der Waals surface area (Å²) in [7, 11) is 0. The van der Waals surface area contributed by atoms with Gasteiger partial charge < -0.3 is 10.6 Å². The molecular weight excluding hydrogens is 372 g/mol. The first kappa shape index (κ1) is 22.6. The summed E-state index contributed by atoms with van der Waals surface area (Å²) >= 11 is 0. The van der Waals surface area contributed by atoms with Crippen LogP contribution in [0.25, 0.3) is 10.8 Å². The van der Waals surface area contributed by atoms with E-state index < -0.39 is 0 Å². The topological polar surface area (TPSA) is 58.2 Å². The third-order valence-electron chi connectivity index (χ3n) is 4.39. The maximum Gasteiger partial charge on any atom is 0.250 e. The fourth-order valence-corrected chi connectivity index (χ4v) is 2.60. The fourth-order valence-electron chi connectivity index (χ4n) is 2.60. The number of hydrogen-bond acceptors (Lipinski definition) is 2. The van der Waals surface area contributed by atoms with Crippen LogP contribution in [0, 0.1) is 6.92 Å². The number of carbonyl (C=O) groups excluding carboxylic acids is 2. The summed E-state index contributed by atoms with van der Waals surface area (Å²) in [6.45, 7) is 13.2. The van der Waals surface area contributed by atoms with Crippen molar-refractivity contribution in [3.8, 4) is 0 Å². The predicted molar refractivity (Wildman–Crippen MR) is 125 cm³/mol. The van der Waals surface area contributed by atoms with Crippen molar-refractivity contribution in [3.63, 3.8) is 0 Å². The van der Waals surface area contributed by atoms with Crippen molar-refractivity contribution in [3.05, 3.63) is 102 Å². The Morgan fingerprint density at radius 3 is 2.03 bits per heavy atom. The Kier molecular flexibility index (Phi) is 8.12. The first-order valence-corrected chi connectivity index (χ1v) is 9.72. The number of hydrogen-bond donors (Lipinski definition) is 2. The van der Waals surface area contributed by atoms with Crippen molar-refractivity contribution in [2.75, 3.05) is 5.32 Å². The van der Waals surface area contributed by atoms with Crippen LogP contribution in [-0.4, -0.2) is 11.8 Å². The smallest absolute Gasteiger partial charge is 0.250 e. The summed E-state index contributed by atoms with van der Waals surface area (Å²) in [6, 6.07) is 21.9. The minimum Gasteiger partial charge on any atom is -0.348 e. The molecule has 3 aromatic carbocycles. The zero-order chi connectivity index (χ0) is 22.1. The van der Waals surface area contributed by atoms with Gasteiger partial charge in [-0.15, -0.1) is 0 Å². The summed E-state index contributed by atoms with van der Waals surface area (Å²) in [5.74, 6) is -0.234. The molecule has 0 heterocycles. The summed E-state index contributed by atoms with van der Waals surface area (Å²) in [5.41, 5.74) is 4.20. The lowest BCUT2D eigenvalue weighted by Crippen LogP contribution is -2.22. The van der Waals surface area contributed by atoms with Gasteiger partial charge in [-0.05, 0) is 37.8 Å². The third kappa shape index (κ3) is 6.74. The number of rotatable bonds is 5. The van der Waals surface area contributed by atoms with Gasteiger partial charge in [0.2, 0.25) is 5.91 Å². The largest absolute Gasteiger partial charge is 0.348 e. The van der Waals surface area contributed by atoms with E-state index in [1.165, 1.54) is 5.56 Å². The molecule has 2 amide bonds. The quantitative estimate of drug-likeness (QED) is 0.552. The minimum absolute atomic E-state index is 0.0921. The Morgan fingerprint density at radius 2 is 1.40 bits per heavy atom. The molecule has 154 valence electrons. The normalized spacial score (nSPS) is 9.83. The van der Waals surface area contributed by atoms with Gasteiger partial charge in [-0.1, -0.05) is 79.4 Å². The molecule has 0 spiro atoms. The molecule has 4 heteroatoms. The first-order valence-electron chi connectivity index (χ1n) is 9.72. The molecule has 4 nitrogen and oxygen atoms in total. The third-order valence-corrected chi connectivity index (χ3v) is 4.39. The van der Waals surface area contributed by atoms with E-state index in [4.69, 9.17) is 0 Å². The van der Waals surface area contributed by atoms with E-state index >= 15 is 0 Å². The molecule has 0 bridgehead atoms. The molecule has 0 aliphatic carbocycles. The Labute approximate surface area is 178 Å². The SMILES string of the molecule is C=C(C)C(=O)NCc1ccc(C)cc1.C=C(C)C(=O)Nc1cccc2ccccc12. The molecule has 0 fully saturated rings. The van der Waals surface area contributed by atoms with Crippen LogP contribution in [-0.2, 0) is 16.1 Å². The van der Waals surface area contributed by atoms with Gasteiger partial charge in [0.15, 0.2) is 0 Å². The number of nitrogens with one attached hydrogen (secondary N) is 2. The van der Waals surface area contributed by atoms with Crippen molar-refractivity contribution in [1.82, 2.24) is 5.32 Å². The van der Waals surface area contributed by atoms with Gasteiger partial charge in [0.1, 0.15) is 0 Å². The van der Waals surface area contributed by atoms with E-state index in [9.17, 15) is 9.59 Å². The van der Waals surface area contributed by atoms with E-state index in [0.717, 1.165) is 22.0 Å². The highest BCUT2D eigenvalue weighted by atomic mass is 16.2. The first-order chi connectivity index (χ1) is 14.3. The van der Waals surface area contributed by atoms with Gasteiger partial charge in [-0.3, -0.25) is 9.59 Å². The monoisotopic (exact) mass is 400 g/mol. The average molecular weight is 401 g/mol. The van der Waals surface area contributed by atoms with Gasteiger partial charge in [-0.2, -0.15) is 0 Å². The number of anilines is 1. The standard InChI is InChI=1S/C14H13NO.C12H15NO/c1-10(2)14(16)15-13-9-5-7-11-6-3-4-8-12(11)13;1-9(2)12(14)13-8-11-6-4-10(3)5-7-11/h3-9H,1H2,2H3,(H,15,16);4-7H,1,8H2,2-3H3,(H,13,14). The van der Waals surface area contributed by atoms with E-state index in [0.29, 0.717) is 17.7 Å². The maximum atomic E-state index is 11.5. The molecule has 0 saturated carbocycles. The number of carbonyl (C=O) groups is 2. The summed E-state index contributed by atoms with van der Waals surface area (Å²) in [4.78, 5) is 22.7. The molecule has 0 aliphatic rings. The molecule has 0 unspecified atom stereocenters. The van der Waals surface area contributed by atoms with Crippen LogP contribution in [0.5, 0.6) is 0 Å². The minimum atomic E-state index is -0.142. The molecule has 0 saturated heterocycles. The average Bonchev–Trinajstić information content (AvgIpc) is 2.73. The molecule has 0 radical (unpaired) electrons. The Bertz CT molecular complexity index is 1060. The number of benzene rings is 3. The molecule has 0 aromatic heterocycles. The van der Waals surface area contributed by atoms with Crippen LogP contribution in [0.2, 0.25) is 0 Å². The van der Waals surface area contributed by atoms with Gasteiger partial charge in [0, 0.05) is 28.8 Å². The number of fused-ring (bicyclic) bond motifs is 1. The summed E-state index contributed by atoms with van der Waals surface area (Å²) < 4.78 is 0. The highest BCUT2D eigenvalue weighted by Gasteiger charge is 2.05. The second-order valence-electron chi connectivity index (χ2n) is 7.21. The number of aryl methyl sites for hydroxylation is 1. The second kappa shape index (κ2) is 10.8. The molecule has 30 heavy (non-hydrogen) atoms. The number of amides is 2. The van der Waals surface area contributed by atoms with E-state index in [1.54, 1.807) is 13.8 Å². The molecule has 0 atom stereocenters. The van der Waals surface area contributed by atoms with Gasteiger partial charge >= 0.3 is 0 Å². The molecule has 3 aromatic rings. The summed E-state index contributed by atoms with van der Waals surface area (Å²) in [6.07, 6.45) is 0. The molecule has 2 N–H and O–H groups in total. The Morgan fingerprint density at radius 1 is 0.800 bits per heavy atom.